The average molecular weight is 933 g/mol. The maximum atomic E-state index is 13.6. The minimum atomic E-state index is -1.03. The van der Waals surface area contributed by atoms with Gasteiger partial charge in [-0.2, -0.15) is 0 Å². The van der Waals surface area contributed by atoms with Gasteiger partial charge in [0.05, 0.1) is 25.4 Å². The van der Waals surface area contributed by atoms with Crippen molar-refractivity contribution >= 4 is 23.3 Å². The lowest BCUT2D eigenvalue weighted by atomic mass is 9.45. The summed E-state index contributed by atoms with van der Waals surface area (Å²) in [5.74, 6) is 8.20. The zero-order valence-electron chi connectivity index (χ0n) is 41.8. The summed E-state index contributed by atoms with van der Waals surface area (Å²) >= 11 is 0. The smallest absolute Gasteiger partial charge is 0.328 e. The summed E-state index contributed by atoms with van der Waals surface area (Å²) < 4.78 is 5.17. The first-order valence-electron chi connectivity index (χ1n) is 26.5. The molecule has 10 heteroatoms. The fraction of sp³-hybridized carbons (Fsp3) is 0.707. The molecule has 1 amide bonds. The SMILES string of the molecule is C=C(CC[C@H](NC(=O)CC[C@@H](C)C1CCC2C1C(O)CC1C2C(O)CC2C[C@H](O)CCC21C)C(=O)OC)N(C)c1ccc([C@H]2C[C@@]3(C)C(CC[C@@]3(O)C#CC)C3CCC4=CC(=O)CCC4=C32)cc1. The van der Waals surface area contributed by atoms with Crippen LogP contribution in [0.5, 0.6) is 0 Å². The number of hydrogen-bond donors (Lipinski definition) is 5. The molecule has 0 aromatic heterocycles. The number of carbonyl (C=O) groups excluding carboxylic acids is 3. The van der Waals surface area contributed by atoms with Crippen LogP contribution in [0.3, 0.4) is 0 Å². The highest BCUT2D eigenvalue weighted by Crippen LogP contribution is 2.67. The Hall–Kier alpha value is -3.75. The number of aliphatic hydroxyl groups excluding tert-OH is 3. The van der Waals surface area contributed by atoms with Crippen LogP contribution in [0.2, 0.25) is 0 Å². The van der Waals surface area contributed by atoms with E-state index in [1.54, 1.807) is 0 Å². The number of fused-ring (bicyclic) bond motifs is 9. The topological polar surface area (TPSA) is 157 Å². The molecule has 370 valence electrons. The average Bonchev–Trinajstić information content (AvgIpc) is 3.88. The van der Waals surface area contributed by atoms with Crippen LogP contribution in [0, 0.1) is 75.9 Å². The fourth-order valence-corrected chi connectivity index (χ4v) is 16.8. The number of rotatable bonds is 12. The molecule has 0 bridgehead atoms. The van der Waals surface area contributed by atoms with Crippen molar-refractivity contribution in [3.63, 3.8) is 0 Å². The number of ether oxygens (including phenoxy) is 1. The quantitative estimate of drug-likeness (QED) is 0.102. The zero-order valence-corrected chi connectivity index (χ0v) is 41.8. The summed E-state index contributed by atoms with van der Waals surface area (Å²) in [4.78, 5) is 41.2. The number of benzene rings is 1. The second-order valence-electron chi connectivity index (χ2n) is 23.6. The summed E-state index contributed by atoms with van der Waals surface area (Å²) in [6.45, 7) is 13.0. The Morgan fingerprint density at radius 2 is 1.68 bits per heavy atom. The van der Waals surface area contributed by atoms with E-state index in [0.717, 1.165) is 82.0 Å². The molecule has 1 aromatic rings. The van der Waals surface area contributed by atoms with Crippen molar-refractivity contribution in [2.45, 2.75) is 179 Å². The Morgan fingerprint density at radius 1 is 0.926 bits per heavy atom. The van der Waals surface area contributed by atoms with E-state index in [1.165, 1.54) is 29.4 Å². The minimum Gasteiger partial charge on any atom is -0.467 e. The van der Waals surface area contributed by atoms with Gasteiger partial charge in [-0.3, -0.25) is 9.59 Å². The molecular weight excluding hydrogens is 853 g/mol. The van der Waals surface area contributed by atoms with E-state index in [4.69, 9.17) is 4.74 Å². The zero-order chi connectivity index (χ0) is 48.4. The molecule has 0 radical (unpaired) electrons. The van der Waals surface area contributed by atoms with Crippen molar-refractivity contribution in [3.8, 4) is 11.8 Å². The van der Waals surface area contributed by atoms with Gasteiger partial charge in [-0.05, 0) is 203 Å². The van der Waals surface area contributed by atoms with Crippen molar-refractivity contribution in [2.24, 2.45) is 64.1 Å². The third kappa shape index (κ3) is 8.55. The Balaban J connectivity index is 0.816. The van der Waals surface area contributed by atoms with Gasteiger partial charge in [-0.15, -0.1) is 5.92 Å². The van der Waals surface area contributed by atoms with Crippen LogP contribution in [0.25, 0.3) is 0 Å². The number of anilines is 1. The number of nitrogens with zero attached hydrogens (tertiary/aromatic N) is 1. The third-order valence-corrected chi connectivity index (χ3v) is 20.5. The molecule has 8 aliphatic carbocycles. The van der Waals surface area contributed by atoms with E-state index >= 15 is 0 Å². The van der Waals surface area contributed by atoms with E-state index in [1.807, 2.05) is 24.9 Å². The lowest BCUT2D eigenvalue weighted by Gasteiger charge is -2.61. The number of methoxy groups -OCH3 is 1. The van der Waals surface area contributed by atoms with E-state index in [2.05, 4.69) is 68.8 Å². The predicted octanol–water partition coefficient (Wildman–Crippen LogP) is 8.72. The lowest BCUT2D eigenvalue weighted by molar-refractivity contribution is -0.181. The summed E-state index contributed by atoms with van der Waals surface area (Å²) in [6, 6.07) is 7.84. The number of nitrogens with one attached hydrogen (secondary N) is 1. The van der Waals surface area contributed by atoms with Gasteiger partial charge in [0.1, 0.15) is 11.6 Å². The van der Waals surface area contributed by atoms with E-state index in [0.29, 0.717) is 50.4 Å². The summed E-state index contributed by atoms with van der Waals surface area (Å²) in [5, 5.41) is 48.9. The normalized spacial score (nSPS) is 40.1. The summed E-state index contributed by atoms with van der Waals surface area (Å²) in [5.41, 5.74) is 5.67. The van der Waals surface area contributed by atoms with Gasteiger partial charge in [0.15, 0.2) is 5.78 Å². The van der Waals surface area contributed by atoms with Gasteiger partial charge >= 0.3 is 5.97 Å². The molecule has 0 spiro atoms. The maximum Gasteiger partial charge on any atom is 0.328 e. The van der Waals surface area contributed by atoms with Gasteiger partial charge in [-0.25, -0.2) is 4.79 Å². The molecule has 8 aliphatic rings. The van der Waals surface area contributed by atoms with Gasteiger partial charge < -0.3 is 35.4 Å². The molecule has 0 heterocycles. The van der Waals surface area contributed by atoms with Gasteiger partial charge in [0.25, 0.3) is 0 Å². The number of esters is 1. The molecule has 68 heavy (non-hydrogen) atoms. The van der Waals surface area contributed by atoms with E-state index in [-0.39, 0.29) is 82.4 Å². The van der Waals surface area contributed by atoms with Crippen molar-refractivity contribution in [3.05, 3.63) is 64.9 Å². The maximum absolute atomic E-state index is 13.6. The predicted molar refractivity (Wildman–Crippen MR) is 264 cm³/mol. The molecule has 9 rings (SSSR count). The van der Waals surface area contributed by atoms with Crippen LogP contribution < -0.4 is 10.2 Å². The molecule has 17 atom stereocenters. The number of aliphatic hydroxyl groups is 4. The first-order chi connectivity index (χ1) is 32.4. The second-order valence-corrected chi connectivity index (χ2v) is 23.6. The van der Waals surface area contributed by atoms with E-state index < -0.39 is 29.8 Å². The molecule has 0 saturated heterocycles. The van der Waals surface area contributed by atoms with Crippen LogP contribution in [-0.4, -0.2) is 82.2 Å². The molecule has 6 saturated carbocycles. The standard InChI is InChI=1S/C58H80N2O8/c1-8-25-58(67)27-24-46-43-17-13-36-28-39(61)16-18-42(36)52(43)45(32-57(46,58)5)35-11-14-38(15-12-35)60(6)34(3)10-21-48(55(66)68-7)59-51(65)22-9-33(2)41-19-20-44-53(41)50(64)31-47-54(44)49(63)30-37-29-40(62)23-26-56(37,47)4/h11-12,14-15,28,33,37,40-41,43-50,53-54,62-64,67H,3,9-10,13,16-24,26-27,29-32H2,1-2,4-7H3,(H,59,65)/t33-,37?,40-,41?,43?,44?,45-,46?,47?,48+,49?,50?,53?,54?,56?,57+,58+/m1/s1. The number of carbonyl (C=O) groups is 3. The summed E-state index contributed by atoms with van der Waals surface area (Å²) in [7, 11) is 3.32. The van der Waals surface area contributed by atoms with Crippen molar-refractivity contribution in [1.29, 1.82) is 0 Å². The third-order valence-electron chi connectivity index (χ3n) is 20.5. The van der Waals surface area contributed by atoms with E-state index in [9.17, 15) is 34.8 Å². The van der Waals surface area contributed by atoms with Gasteiger partial charge in [-0.1, -0.05) is 51.0 Å². The number of ketones is 1. The number of hydrogen-bond acceptors (Lipinski definition) is 9. The molecule has 1 aromatic carbocycles. The Morgan fingerprint density at radius 3 is 2.41 bits per heavy atom. The van der Waals surface area contributed by atoms with Gasteiger partial charge in [0.2, 0.25) is 5.91 Å². The van der Waals surface area contributed by atoms with Gasteiger partial charge in [0, 0.05) is 42.6 Å². The minimum absolute atomic E-state index is 0.0373. The van der Waals surface area contributed by atoms with Crippen LogP contribution in [0.15, 0.2) is 59.3 Å². The highest BCUT2D eigenvalue weighted by atomic mass is 16.5. The fourth-order valence-electron chi connectivity index (χ4n) is 16.8. The van der Waals surface area contributed by atoms with Crippen molar-refractivity contribution in [2.75, 3.05) is 19.1 Å². The largest absolute Gasteiger partial charge is 0.467 e. The molecule has 0 aliphatic heterocycles. The number of amides is 1. The molecular formula is C58H80N2O8. The Kier molecular flexibility index (Phi) is 13.8. The first-order valence-corrected chi connectivity index (χ1v) is 26.5. The van der Waals surface area contributed by atoms with Crippen LogP contribution in [0.1, 0.15) is 155 Å². The molecule has 11 unspecified atom stereocenters. The summed E-state index contributed by atoms with van der Waals surface area (Å²) in [6.07, 6.45) is 14.0. The second kappa shape index (κ2) is 19.1. The monoisotopic (exact) mass is 933 g/mol. The van der Waals surface area contributed by atoms with Crippen LogP contribution >= 0.6 is 0 Å². The highest BCUT2D eigenvalue weighted by Gasteiger charge is 2.64. The number of allylic oxidation sites excluding steroid dienone is 5. The lowest BCUT2D eigenvalue weighted by Crippen LogP contribution is -2.59. The molecule has 10 nitrogen and oxygen atoms in total. The first kappa shape index (κ1) is 49.2. The van der Waals surface area contributed by atoms with Crippen molar-refractivity contribution in [1.82, 2.24) is 5.32 Å². The van der Waals surface area contributed by atoms with Crippen molar-refractivity contribution < 1.29 is 39.5 Å². The Bertz CT molecular complexity index is 2260. The van der Waals surface area contributed by atoms with Crippen LogP contribution in [0.4, 0.5) is 5.69 Å². The Labute approximate surface area is 405 Å². The molecule has 5 N–H and O–H groups in total. The van der Waals surface area contributed by atoms with Crippen LogP contribution in [-0.2, 0) is 19.1 Å². The molecule has 6 fully saturated rings. The highest BCUT2D eigenvalue weighted by molar-refractivity contribution is 5.93.